The lowest BCUT2D eigenvalue weighted by molar-refractivity contribution is 0.0903. The van der Waals surface area contributed by atoms with Crippen LogP contribution in [-0.2, 0) is 4.74 Å². The van der Waals surface area contributed by atoms with Crippen LogP contribution in [0.1, 0.15) is 46.0 Å². The maximum atomic E-state index is 8.51. The smallest absolute Gasteiger partial charge is 0.0697 e. The van der Waals surface area contributed by atoms with Gasteiger partial charge in [0.05, 0.1) is 13.2 Å². The van der Waals surface area contributed by atoms with Crippen LogP contribution in [0.5, 0.6) is 0 Å². The number of hydrogen-bond acceptors (Lipinski definition) is 3. The largest absolute Gasteiger partial charge is 0.394 e. The fourth-order valence-electron chi connectivity index (χ4n) is 1.69. The van der Waals surface area contributed by atoms with Crippen molar-refractivity contribution in [3.63, 3.8) is 0 Å². The first-order valence-corrected chi connectivity index (χ1v) is 6.27. The molecule has 0 saturated heterocycles. The van der Waals surface area contributed by atoms with Crippen LogP contribution in [0.2, 0.25) is 0 Å². The lowest BCUT2D eigenvalue weighted by atomic mass is 10.1. The SMILES string of the molecule is CCCC(CCC)NCCCOCCO. The molecule has 0 aliphatic carbocycles. The Labute approximate surface area is 94.2 Å². The molecule has 0 atom stereocenters. The number of ether oxygens (including phenoxy) is 1. The van der Waals surface area contributed by atoms with Crippen molar-refractivity contribution in [1.29, 1.82) is 0 Å². The van der Waals surface area contributed by atoms with Crippen LogP contribution in [0.15, 0.2) is 0 Å². The Balaban J connectivity index is 3.28. The monoisotopic (exact) mass is 217 g/mol. The molecule has 0 aromatic rings. The third-order valence-electron chi connectivity index (χ3n) is 2.41. The summed E-state index contributed by atoms with van der Waals surface area (Å²) in [6.07, 6.45) is 6.07. The van der Waals surface area contributed by atoms with E-state index in [9.17, 15) is 0 Å². The number of aliphatic hydroxyl groups is 1. The quantitative estimate of drug-likeness (QED) is 0.520. The Kier molecular flexibility index (Phi) is 11.9. The van der Waals surface area contributed by atoms with Crippen molar-refractivity contribution < 1.29 is 9.84 Å². The molecule has 92 valence electrons. The molecule has 0 spiro atoms. The van der Waals surface area contributed by atoms with Gasteiger partial charge in [-0.1, -0.05) is 26.7 Å². The predicted octanol–water partition coefficient (Wildman–Crippen LogP) is 1.94. The van der Waals surface area contributed by atoms with E-state index in [0.29, 0.717) is 12.6 Å². The van der Waals surface area contributed by atoms with Gasteiger partial charge in [0.2, 0.25) is 0 Å². The average molecular weight is 217 g/mol. The molecular weight excluding hydrogens is 190 g/mol. The van der Waals surface area contributed by atoms with Crippen molar-refractivity contribution >= 4 is 0 Å². The van der Waals surface area contributed by atoms with Gasteiger partial charge >= 0.3 is 0 Å². The van der Waals surface area contributed by atoms with E-state index in [4.69, 9.17) is 9.84 Å². The van der Waals surface area contributed by atoms with E-state index in [-0.39, 0.29) is 6.61 Å². The van der Waals surface area contributed by atoms with Crippen molar-refractivity contribution in [1.82, 2.24) is 5.32 Å². The molecule has 0 heterocycles. The minimum Gasteiger partial charge on any atom is -0.394 e. The third kappa shape index (κ3) is 10.2. The summed E-state index contributed by atoms with van der Waals surface area (Å²) in [4.78, 5) is 0. The Bertz CT molecular complexity index is 114. The van der Waals surface area contributed by atoms with E-state index in [0.717, 1.165) is 19.6 Å². The van der Waals surface area contributed by atoms with Gasteiger partial charge in [0, 0.05) is 12.6 Å². The summed E-state index contributed by atoms with van der Waals surface area (Å²) in [5, 5.41) is 12.1. The molecule has 15 heavy (non-hydrogen) atoms. The maximum absolute atomic E-state index is 8.51. The first-order valence-electron chi connectivity index (χ1n) is 6.27. The van der Waals surface area contributed by atoms with E-state index in [1.54, 1.807) is 0 Å². The van der Waals surface area contributed by atoms with E-state index < -0.39 is 0 Å². The van der Waals surface area contributed by atoms with Crippen LogP contribution in [0.4, 0.5) is 0 Å². The van der Waals surface area contributed by atoms with Crippen molar-refractivity contribution in [3.8, 4) is 0 Å². The number of hydrogen-bond donors (Lipinski definition) is 2. The van der Waals surface area contributed by atoms with E-state index in [1.807, 2.05) is 0 Å². The fraction of sp³-hybridized carbons (Fsp3) is 1.00. The van der Waals surface area contributed by atoms with Crippen molar-refractivity contribution in [2.24, 2.45) is 0 Å². The Morgan fingerprint density at radius 1 is 1.13 bits per heavy atom. The Hall–Kier alpha value is -0.120. The average Bonchev–Trinajstić information content (AvgIpc) is 2.24. The van der Waals surface area contributed by atoms with Gasteiger partial charge in [-0.2, -0.15) is 0 Å². The van der Waals surface area contributed by atoms with Crippen molar-refractivity contribution in [3.05, 3.63) is 0 Å². The van der Waals surface area contributed by atoms with Crippen LogP contribution < -0.4 is 5.32 Å². The van der Waals surface area contributed by atoms with E-state index in [1.165, 1.54) is 25.7 Å². The second-order valence-corrected chi connectivity index (χ2v) is 3.92. The first kappa shape index (κ1) is 14.9. The van der Waals surface area contributed by atoms with Crippen LogP contribution in [0, 0.1) is 0 Å². The molecule has 3 nitrogen and oxygen atoms in total. The second-order valence-electron chi connectivity index (χ2n) is 3.92. The molecular formula is C12H27NO2. The van der Waals surface area contributed by atoms with Gasteiger partial charge in [-0.3, -0.25) is 0 Å². The molecule has 0 fully saturated rings. The van der Waals surface area contributed by atoms with Crippen LogP contribution >= 0.6 is 0 Å². The van der Waals surface area contributed by atoms with Crippen molar-refractivity contribution in [2.45, 2.75) is 52.0 Å². The van der Waals surface area contributed by atoms with E-state index >= 15 is 0 Å². The Morgan fingerprint density at radius 3 is 2.33 bits per heavy atom. The summed E-state index contributed by atoms with van der Waals surface area (Å²) in [6, 6.07) is 0.679. The standard InChI is InChI=1S/C12H27NO2/c1-3-6-12(7-4-2)13-8-5-10-15-11-9-14/h12-14H,3-11H2,1-2H3. The highest BCUT2D eigenvalue weighted by Crippen LogP contribution is 2.04. The first-order chi connectivity index (χ1) is 7.35. The van der Waals surface area contributed by atoms with Crippen LogP contribution in [-0.4, -0.2) is 37.5 Å². The van der Waals surface area contributed by atoms with Gasteiger partial charge in [-0.25, -0.2) is 0 Å². The van der Waals surface area contributed by atoms with Gasteiger partial charge in [-0.05, 0) is 25.8 Å². The number of aliphatic hydroxyl groups excluding tert-OH is 1. The topological polar surface area (TPSA) is 41.5 Å². The van der Waals surface area contributed by atoms with Crippen molar-refractivity contribution in [2.75, 3.05) is 26.4 Å². The third-order valence-corrected chi connectivity index (χ3v) is 2.41. The molecule has 0 aromatic heterocycles. The summed E-state index contributed by atoms with van der Waals surface area (Å²) in [5.74, 6) is 0. The maximum Gasteiger partial charge on any atom is 0.0697 e. The second kappa shape index (κ2) is 12.0. The lowest BCUT2D eigenvalue weighted by Crippen LogP contribution is -2.30. The molecule has 0 unspecified atom stereocenters. The molecule has 0 aliphatic rings. The van der Waals surface area contributed by atoms with Gasteiger partial charge in [0.1, 0.15) is 0 Å². The predicted molar refractivity (Wildman–Crippen MR) is 64.1 cm³/mol. The summed E-state index contributed by atoms with van der Waals surface area (Å²) in [6.45, 7) is 6.83. The summed E-state index contributed by atoms with van der Waals surface area (Å²) in [5.41, 5.74) is 0. The zero-order chi connectivity index (χ0) is 11.4. The Morgan fingerprint density at radius 2 is 1.80 bits per heavy atom. The molecule has 0 bridgehead atoms. The fourth-order valence-corrected chi connectivity index (χ4v) is 1.69. The highest BCUT2D eigenvalue weighted by molar-refractivity contribution is 4.65. The van der Waals surface area contributed by atoms with Gasteiger partial charge in [0.15, 0.2) is 0 Å². The van der Waals surface area contributed by atoms with Gasteiger partial charge in [0.25, 0.3) is 0 Å². The van der Waals surface area contributed by atoms with E-state index in [2.05, 4.69) is 19.2 Å². The molecule has 0 aromatic carbocycles. The molecule has 0 saturated carbocycles. The number of nitrogens with one attached hydrogen (secondary N) is 1. The summed E-state index contributed by atoms with van der Waals surface area (Å²) < 4.78 is 5.19. The molecule has 0 rings (SSSR count). The summed E-state index contributed by atoms with van der Waals surface area (Å²) >= 11 is 0. The lowest BCUT2D eigenvalue weighted by Gasteiger charge is -2.17. The van der Waals surface area contributed by atoms with Gasteiger partial charge in [-0.15, -0.1) is 0 Å². The zero-order valence-corrected chi connectivity index (χ0v) is 10.3. The zero-order valence-electron chi connectivity index (χ0n) is 10.3. The molecule has 0 aliphatic heterocycles. The highest BCUT2D eigenvalue weighted by Gasteiger charge is 2.04. The molecule has 3 heteroatoms. The van der Waals surface area contributed by atoms with Gasteiger partial charge < -0.3 is 15.2 Å². The summed E-state index contributed by atoms with van der Waals surface area (Å²) in [7, 11) is 0. The van der Waals surface area contributed by atoms with Crippen LogP contribution in [0.3, 0.4) is 0 Å². The van der Waals surface area contributed by atoms with Crippen LogP contribution in [0.25, 0.3) is 0 Å². The molecule has 2 N–H and O–H groups in total. The number of rotatable bonds is 11. The normalized spacial score (nSPS) is 11.2. The minimum atomic E-state index is 0.127. The highest BCUT2D eigenvalue weighted by atomic mass is 16.5. The minimum absolute atomic E-state index is 0.127. The molecule has 0 radical (unpaired) electrons. The molecule has 0 amide bonds.